The molecule has 1 aliphatic carbocycles. The van der Waals surface area contributed by atoms with Crippen LogP contribution < -0.4 is 10.6 Å². The van der Waals surface area contributed by atoms with Crippen molar-refractivity contribution >= 4 is 23.5 Å². The van der Waals surface area contributed by atoms with E-state index in [1.54, 1.807) is 13.8 Å². The second kappa shape index (κ2) is 9.68. The van der Waals surface area contributed by atoms with Crippen LogP contribution in [0.2, 0.25) is 0 Å². The van der Waals surface area contributed by atoms with Crippen LogP contribution in [0.1, 0.15) is 49.7 Å². The number of alkyl halides is 4. The zero-order valence-electron chi connectivity index (χ0n) is 19.2. The smallest absolute Gasteiger partial charge is 0.433 e. The van der Waals surface area contributed by atoms with Crippen LogP contribution in [-0.2, 0) is 22.3 Å². The Bertz CT molecular complexity index is 1190. The molecule has 0 unspecified atom stereocenters. The molecule has 1 fully saturated rings. The normalized spacial score (nSPS) is 20.5. The molecule has 3 heterocycles. The van der Waals surface area contributed by atoms with Gasteiger partial charge >= 0.3 is 12.3 Å². The van der Waals surface area contributed by atoms with Crippen molar-refractivity contribution in [1.29, 1.82) is 0 Å². The van der Waals surface area contributed by atoms with Gasteiger partial charge in [0.15, 0.2) is 11.5 Å². The largest absolute Gasteiger partial charge is 0.443 e. The molecule has 1 amide bonds. The number of fused-ring (bicyclic) bond motifs is 1. The van der Waals surface area contributed by atoms with E-state index < -0.39 is 36.2 Å². The molecular formula is C21H25F4N7O3. The van der Waals surface area contributed by atoms with Gasteiger partial charge < -0.3 is 20.1 Å². The number of imidazole rings is 1. The minimum Gasteiger partial charge on any atom is -0.443 e. The summed E-state index contributed by atoms with van der Waals surface area (Å²) in [5.74, 6) is -0.646. The van der Waals surface area contributed by atoms with Crippen LogP contribution in [0.15, 0.2) is 18.3 Å². The maximum Gasteiger partial charge on any atom is 0.433 e. The first kappa shape index (κ1) is 24.7. The first-order valence-corrected chi connectivity index (χ1v) is 10.9. The van der Waals surface area contributed by atoms with E-state index in [9.17, 15) is 18.0 Å². The number of hydrogen-bond acceptors (Lipinski definition) is 7. The molecule has 35 heavy (non-hydrogen) atoms. The Labute approximate surface area is 197 Å². The Morgan fingerprint density at radius 2 is 2.06 bits per heavy atom. The van der Waals surface area contributed by atoms with Crippen molar-refractivity contribution in [2.24, 2.45) is 0 Å². The van der Waals surface area contributed by atoms with E-state index in [1.165, 1.54) is 23.8 Å². The number of amides is 1. The van der Waals surface area contributed by atoms with Gasteiger partial charge in [-0.1, -0.05) is 0 Å². The fourth-order valence-electron chi connectivity index (χ4n) is 3.97. The lowest BCUT2D eigenvalue weighted by Gasteiger charge is -2.18. The molecule has 190 valence electrons. The number of carbonyl (C=O) groups is 1. The van der Waals surface area contributed by atoms with Crippen LogP contribution in [-0.4, -0.2) is 56.1 Å². The third-order valence-corrected chi connectivity index (χ3v) is 5.49. The summed E-state index contributed by atoms with van der Waals surface area (Å²) in [4.78, 5) is 19.6. The van der Waals surface area contributed by atoms with E-state index >= 15 is 4.39 Å². The number of halogens is 4. The minimum absolute atomic E-state index is 0.0249. The zero-order valence-corrected chi connectivity index (χ0v) is 19.2. The van der Waals surface area contributed by atoms with Gasteiger partial charge in [-0.2, -0.15) is 18.3 Å². The highest BCUT2D eigenvalue weighted by Gasteiger charge is 2.41. The number of aromatic nitrogens is 5. The summed E-state index contributed by atoms with van der Waals surface area (Å²) in [7, 11) is 1.45. The molecule has 0 radical (unpaired) electrons. The average Bonchev–Trinajstić information content (AvgIpc) is 3.46. The number of methoxy groups -OCH3 is 1. The minimum atomic E-state index is -4.69. The van der Waals surface area contributed by atoms with E-state index in [0.717, 1.165) is 6.07 Å². The van der Waals surface area contributed by atoms with Crippen LogP contribution in [0.25, 0.3) is 5.65 Å². The number of anilines is 2. The number of alkyl carbamates (subject to hydrolysis) is 1. The lowest BCUT2D eigenvalue weighted by Crippen LogP contribution is -2.36. The van der Waals surface area contributed by atoms with E-state index in [2.05, 4.69) is 30.8 Å². The number of aromatic amines is 1. The van der Waals surface area contributed by atoms with Crippen LogP contribution in [0.3, 0.4) is 0 Å². The Morgan fingerprint density at radius 3 is 2.74 bits per heavy atom. The molecule has 3 aromatic heterocycles. The zero-order chi connectivity index (χ0) is 25.3. The summed E-state index contributed by atoms with van der Waals surface area (Å²) in [6.07, 6.45) is -5.53. The molecule has 0 spiro atoms. The van der Waals surface area contributed by atoms with Gasteiger partial charge in [0.1, 0.15) is 17.9 Å². The summed E-state index contributed by atoms with van der Waals surface area (Å²) in [5, 5.41) is 12.1. The lowest BCUT2D eigenvalue weighted by molar-refractivity contribution is -0.141. The number of H-pyrrole nitrogens is 1. The van der Waals surface area contributed by atoms with Gasteiger partial charge in [-0.05, 0) is 26.7 Å². The van der Waals surface area contributed by atoms with E-state index in [0.29, 0.717) is 24.2 Å². The molecular weight excluding hydrogens is 474 g/mol. The highest BCUT2D eigenvalue weighted by Crippen LogP contribution is 2.39. The van der Waals surface area contributed by atoms with Crippen molar-refractivity contribution in [2.45, 2.75) is 63.7 Å². The van der Waals surface area contributed by atoms with Gasteiger partial charge in [0, 0.05) is 43.1 Å². The number of nitrogens with zero attached hydrogens (tertiary/aromatic N) is 4. The van der Waals surface area contributed by atoms with Crippen molar-refractivity contribution in [2.75, 3.05) is 12.4 Å². The molecule has 3 atom stereocenters. The topological polar surface area (TPSA) is 118 Å². The fraction of sp³-hybridized carbons (Fsp3) is 0.524. The van der Waals surface area contributed by atoms with Gasteiger partial charge in [0.25, 0.3) is 0 Å². The lowest BCUT2D eigenvalue weighted by atomic mass is 10.0. The Kier molecular flexibility index (Phi) is 6.83. The Hall–Kier alpha value is -3.42. The first-order valence-electron chi connectivity index (χ1n) is 10.9. The van der Waals surface area contributed by atoms with E-state index in [4.69, 9.17) is 9.47 Å². The first-order chi connectivity index (χ1) is 16.5. The quantitative estimate of drug-likeness (QED) is 0.419. The maximum atomic E-state index is 15.0. The predicted molar refractivity (Wildman–Crippen MR) is 116 cm³/mol. The molecule has 0 aliphatic heterocycles. The van der Waals surface area contributed by atoms with E-state index in [-0.39, 0.29) is 30.1 Å². The summed E-state index contributed by atoms with van der Waals surface area (Å²) < 4.78 is 66.7. The maximum absolute atomic E-state index is 15.0. The highest BCUT2D eigenvalue weighted by molar-refractivity contribution is 5.67. The molecule has 3 aromatic rings. The fourth-order valence-corrected chi connectivity index (χ4v) is 3.97. The van der Waals surface area contributed by atoms with Crippen LogP contribution in [0, 0.1) is 0 Å². The van der Waals surface area contributed by atoms with Crippen LogP contribution in [0.5, 0.6) is 0 Å². The summed E-state index contributed by atoms with van der Waals surface area (Å²) in [6.45, 7) is 3.63. The van der Waals surface area contributed by atoms with Gasteiger partial charge in [0.05, 0.1) is 12.3 Å². The average molecular weight is 499 g/mol. The Morgan fingerprint density at radius 1 is 1.29 bits per heavy atom. The second-order valence-electron chi connectivity index (χ2n) is 8.56. The van der Waals surface area contributed by atoms with Crippen molar-refractivity contribution < 1.29 is 31.8 Å². The molecule has 0 saturated heterocycles. The number of hydrogen-bond donors (Lipinski definition) is 3. The number of rotatable bonds is 7. The SMILES string of the molecule is COCc1cn2c(Nc3cc([C@@H]4CC[C@H](OC(=O)NC(C)C)[C@@H]4F)[nH]n3)nc(C(F)(F)F)cc2n1. The van der Waals surface area contributed by atoms with Crippen LogP contribution >= 0.6 is 0 Å². The summed E-state index contributed by atoms with van der Waals surface area (Å²) >= 11 is 0. The van der Waals surface area contributed by atoms with Crippen molar-refractivity contribution in [3.63, 3.8) is 0 Å². The Balaban J connectivity index is 1.54. The standard InChI is InChI=1S/C21H25F4N7O3/c1-10(2)26-20(33)35-14-5-4-12(18(14)22)13-6-16(31-30-13)29-19-28-15(21(23,24)25)7-17-27-11(9-34-3)8-32(17)19/h6-8,10,12,14,18H,4-5,9H2,1-3H3,(H,26,33)(H2,28,29,30,31)/t12-,14-,18+/m0/s1. The second-order valence-corrected chi connectivity index (χ2v) is 8.56. The van der Waals surface area contributed by atoms with E-state index in [1.807, 2.05) is 0 Å². The van der Waals surface area contributed by atoms with Crippen molar-refractivity contribution in [3.8, 4) is 0 Å². The summed E-state index contributed by atoms with van der Waals surface area (Å²) in [5.41, 5.74) is -0.267. The van der Waals surface area contributed by atoms with Crippen molar-refractivity contribution in [1.82, 2.24) is 29.9 Å². The van der Waals surface area contributed by atoms with Gasteiger partial charge in [-0.15, -0.1) is 0 Å². The molecule has 0 aromatic carbocycles. The van der Waals surface area contributed by atoms with Gasteiger partial charge in [-0.25, -0.2) is 19.2 Å². The van der Waals surface area contributed by atoms with Gasteiger partial charge in [-0.3, -0.25) is 9.50 Å². The van der Waals surface area contributed by atoms with Gasteiger partial charge in [0.2, 0.25) is 5.95 Å². The van der Waals surface area contributed by atoms with Crippen molar-refractivity contribution in [3.05, 3.63) is 35.4 Å². The number of carbonyl (C=O) groups excluding carboxylic acids is 1. The monoisotopic (exact) mass is 499 g/mol. The summed E-state index contributed by atoms with van der Waals surface area (Å²) in [6, 6.07) is 2.19. The molecule has 1 saturated carbocycles. The third-order valence-electron chi connectivity index (χ3n) is 5.49. The van der Waals surface area contributed by atoms with Crippen LogP contribution in [0.4, 0.5) is 34.1 Å². The molecule has 1 aliphatic rings. The predicted octanol–water partition coefficient (Wildman–Crippen LogP) is 4.08. The molecule has 0 bridgehead atoms. The molecule has 10 nitrogen and oxygen atoms in total. The number of nitrogens with one attached hydrogen (secondary N) is 3. The number of ether oxygens (including phenoxy) is 2. The molecule has 14 heteroatoms. The molecule has 4 rings (SSSR count). The molecule has 3 N–H and O–H groups in total. The highest BCUT2D eigenvalue weighted by atomic mass is 19.4. The third kappa shape index (κ3) is 5.47.